The quantitative estimate of drug-likeness (QED) is 0.277. The Morgan fingerprint density at radius 2 is 2.42 bits per heavy atom. The van der Waals surface area contributed by atoms with Crippen LogP contribution in [0.3, 0.4) is 0 Å². The van der Waals surface area contributed by atoms with Gasteiger partial charge in [0.05, 0.1) is 0 Å². The second-order valence-electron chi connectivity index (χ2n) is 2.64. The highest BCUT2D eigenvalue weighted by Crippen LogP contribution is 2.01. The van der Waals surface area contributed by atoms with Crippen LogP contribution in [0.5, 0.6) is 0 Å². The molecule has 1 atom stereocenters. The fourth-order valence-corrected chi connectivity index (χ4v) is 1.21. The van der Waals surface area contributed by atoms with E-state index in [1.54, 1.807) is 0 Å². The van der Waals surface area contributed by atoms with Gasteiger partial charge in [-0.15, -0.1) is 0 Å². The van der Waals surface area contributed by atoms with Crippen LogP contribution in [0.2, 0.25) is 0 Å². The van der Waals surface area contributed by atoms with E-state index < -0.39 is 12.0 Å². The second-order valence-corrected chi connectivity index (χ2v) is 2.64. The van der Waals surface area contributed by atoms with Crippen LogP contribution in [-0.4, -0.2) is 47.6 Å². The zero-order valence-corrected chi connectivity index (χ0v) is 6.58. The third-order valence-corrected chi connectivity index (χ3v) is 1.84. The van der Waals surface area contributed by atoms with Gasteiger partial charge in [0.2, 0.25) is 0 Å². The first kappa shape index (κ1) is 8.79. The van der Waals surface area contributed by atoms with E-state index in [1.807, 2.05) is 0 Å². The summed E-state index contributed by atoms with van der Waals surface area (Å²) < 4.78 is 0. The van der Waals surface area contributed by atoms with Crippen molar-refractivity contribution in [3.05, 3.63) is 0 Å². The molecule has 0 aromatic carbocycles. The summed E-state index contributed by atoms with van der Waals surface area (Å²) in [7, 11) is 0. The Kier molecular flexibility index (Phi) is 2.49. The van der Waals surface area contributed by atoms with Crippen LogP contribution in [0.1, 0.15) is 0 Å². The molecule has 0 aliphatic carbocycles. The summed E-state index contributed by atoms with van der Waals surface area (Å²) in [6.07, 6.45) is 0. The number of nitrogens with zero attached hydrogens (tertiary/aromatic N) is 1. The maximum absolute atomic E-state index is 10.6. The molecule has 1 aliphatic heterocycles. The molecular weight excluding hydrogens is 160 g/mol. The van der Waals surface area contributed by atoms with Crippen LogP contribution in [0, 0.1) is 5.41 Å². The van der Waals surface area contributed by atoms with E-state index in [-0.39, 0.29) is 5.96 Å². The summed E-state index contributed by atoms with van der Waals surface area (Å²) in [6, 6.07) is -0.698. The van der Waals surface area contributed by atoms with E-state index in [0.29, 0.717) is 19.6 Å². The molecule has 6 nitrogen and oxygen atoms in total. The van der Waals surface area contributed by atoms with Crippen molar-refractivity contribution in [1.82, 2.24) is 10.2 Å². The lowest BCUT2D eigenvalue weighted by molar-refractivity contribution is -0.142. The fourth-order valence-electron chi connectivity index (χ4n) is 1.21. The van der Waals surface area contributed by atoms with Crippen molar-refractivity contribution in [2.45, 2.75) is 6.04 Å². The SMILES string of the molecule is N=C(N)N1CCNCC1C(=O)O. The minimum atomic E-state index is -0.947. The molecule has 0 amide bonds. The summed E-state index contributed by atoms with van der Waals surface area (Å²) in [5.74, 6) is -1.12. The van der Waals surface area contributed by atoms with Gasteiger partial charge in [0.15, 0.2) is 5.96 Å². The van der Waals surface area contributed by atoms with Crippen molar-refractivity contribution in [3.63, 3.8) is 0 Å². The normalized spacial score (nSPS) is 23.7. The Hall–Kier alpha value is -1.30. The van der Waals surface area contributed by atoms with Crippen LogP contribution in [0.4, 0.5) is 0 Å². The fraction of sp³-hybridized carbons (Fsp3) is 0.667. The van der Waals surface area contributed by atoms with Crippen LogP contribution in [0.15, 0.2) is 0 Å². The molecule has 1 fully saturated rings. The predicted octanol–water partition coefficient (Wildman–Crippen LogP) is -1.76. The molecule has 0 aromatic rings. The Labute approximate surface area is 69.8 Å². The number of nitrogens with two attached hydrogens (primary N) is 1. The van der Waals surface area contributed by atoms with E-state index in [0.717, 1.165) is 0 Å². The van der Waals surface area contributed by atoms with E-state index in [1.165, 1.54) is 4.90 Å². The number of carboxylic acid groups (broad SMARTS) is 1. The number of guanidine groups is 1. The number of aliphatic carboxylic acids is 1. The number of piperazine rings is 1. The number of carboxylic acids is 1. The highest BCUT2D eigenvalue weighted by atomic mass is 16.4. The first-order chi connectivity index (χ1) is 5.63. The molecule has 0 bridgehead atoms. The van der Waals surface area contributed by atoms with Crippen molar-refractivity contribution >= 4 is 11.9 Å². The van der Waals surface area contributed by atoms with E-state index >= 15 is 0 Å². The van der Waals surface area contributed by atoms with Crippen LogP contribution in [0.25, 0.3) is 0 Å². The highest BCUT2D eigenvalue weighted by molar-refractivity contribution is 5.83. The van der Waals surface area contributed by atoms with Crippen molar-refractivity contribution < 1.29 is 9.90 Å². The Morgan fingerprint density at radius 1 is 1.75 bits per heavy atom. The molecule has 0 saturated carbocycles. The third-order valence-electron chi connectivity index (χ3n) is 1.84. The molecule has 5 N–H and O–H groups in total. The Bertz CT molecular complexity index is 184. The van der Waals surface area contributed by atoms with Crippen molar-refractivity contribution in [2.24, 2.45) is 5.73 Å². The summed E-state index contributed by atoms with van der Waals surface area (Å²) in [5.41, 5.74) is 5.21. The van der Waals surface area contributed by atoms with Crippen molar-refractivity contribution in [2.75, 3.05) is 19.6 Å². The minimum Gasteiger partial charge on any atom is -0.480 e. The van der Waals surface area contributed by atoms with Gasteiger partial charge in [-0.05, 0) is 0 Å². The van der Waals surface area contributed by atoms with Crippen molar-refractivity contribution in [3.8, 4) is 0 Å². The van der Waals surface area contributed by atoms with Gasteiger partial charge in [0, 0.05) is 19.6 Å². The Morgan fingerprint density at radius 3 is 2.83 bits per heavy atom. The Balaban J connectivity index is 2.67. The molecule has 1 saturated heterocycles. The maximum atomic E-state index is 10.6. The molecule has 68 valence electrons. The van der Waals surface area contributed by atoms with Crippen LogP contribution < -0.4 is 11.1 Å². The maximum Gasteiger partial charge on any atom is 0.327 e. The number of hydrogen-bond acceptors (Lipinski definition) is 3. The monoisotopic (exact) mass is 172 g/mol. The summed E-state index contributed by atoms with van der Waals surface area (Å²) in [5, 5.41) is 18.8. The number of nitrogens with one attached hydrogen (secondary N) is 2. The molecule has 6 heteroatoms. The third kappa shape index (κ3) is 1.65. The lowest BCUT2D eigenvalue weighted by Gasteiger charge is -2.33. The van der Waals surface area contributed by atoms with Crippen molar-refractivity contribution in [1.29, 1.82) is 5.41 Å². The molecule has 1 rings (SSSR count). The van der Waals surface area contributed by atoms with Crippen LogP contribution in [-0.2, 0) is 4.79 Å². The van der Waals surface area contributed by atoms with Gasteiger partial charge < -0.3 is 21.1 Å². The summed E-state index contributed by atoms with van der Waals surface area (Å²) in [4.78, 5) is 12.0. The minimum absolute atomic E-state index is 0.177. The number of hydrogen-bond donors (Lipinski definition) is 4. The van der Waals surface area contributed by atoms with Gasteiger partial charge in [-0.3, -0.25) is 5.41 Å². The lowest BCUT2D eigenvalue weighted by atomic mass is 10.2. The zero-order valence-electron chi connectivity index (χ0n) is 6.58. The smallest absolute Gasteiger partial charge is 0.327 e. The van der Waals surface area contributed by atoms with E-state index in [2.05, 4.69) is 5.32 Å². The standard InChI is InChI=1S/C6H12N4O2/c7-6(8)10-2-1-9-3-4(10)5(11)12/h4,9H,1-3H2,(H3,7,8)(H,11,12). The van der Waals surface area contributed by atoms with Gasteiger partial charge in [-0.1, -0.05) is 0 Å². The van der Waals surface area contributed by atoms with Gasteiger partial charge in [-0.2, -0.15) is 0 Å². The van der Waals surface area contributed by atoms with Gasteiger partial charge in [-0.25, -0.2) is 4.79 Å². The first-order valence-corrected chi connectivity index (χ1v) is 3.67. The summed E-state index contributed by atoms with van der Waals surface area (Å²) in [6.45, 7) is 1.49. The molecule has 0 radical (unpaired) electrons. The summed E-state index contributed by atoms with van der Waals surface area (Å²) >= 11 is 0. The lowest BCUT2D eigenvalue weighted by Crippen LogP contribution is -2.58. The van der Waals surface area contributed by atoms with Gasteiger partial charge in [0.25, 0.3) is 0 Å². The highest BCUT2D eigenvalue weighted by Gasteiger charge is 2.28. The first-order valence-electron chi connectivity index (χ1n) is 3.67. The average Bonchev–Trinajstić information content (AvgIpc) is 2.04. The van der Waals surface area contributed by atoms with E-state index in [9.17, 15) is 4.79 Å². The molecular formula is C6H12N4O2. The molecule has 1 unspecified atom stereocenters. The topological polar surface area (TPSA) is 102 Å². The molecule has 0 spiro atoms. The largest absolute Gasteiger partial charge is 0.480 e. The van der Waals surface area contributed by atoms with Gasteiger partial charge in [0.1, 0.15) is 6.04 Å². The second kappa shape index (κ2) is 3.40. The predicted molar refractivity (Wildman–Crippen MR) is 42.9 cm³/mol. The zero-order chi connectivity index (χ0) is 9.14. The molecule has 1 heterocycles. The van der Waals surface area contributed by atoms with E-state index in [4.69, 9.17) is 16.2 Å². The number of carbonyl (C=O) groups is 1. The van der Waals surface area contributed by atoms with Gasteiger partial charge >= 0.3 is 5.97 Å². The van der Waals surface area contributed by atoms with Crippen LogP contribution >= 0.6 is 0 Å². The molecule has 1 aliphatic rings. The molecule has 0 aromatic heterocycles. The average molecular weight is 172 g/mol. The molecule has 12 heavy (non-hydrogen) atoms. The number of rotatable bonds is 1.